The Bertz CT molecular complexity index is 1050. The number of rotatable bonds is 7. The fourth-order valence-corrected chi connectivity index (χ4v) is 3.87. The highest BCUT2D eigenvalue weighted by Crippen LogP contribution is 2.31. The number of anilines is 1. The molecule has 150 valence electrons. The fourth-order valence-electron chi connectivity index (χ4n) is 2.57. The molecule has 10 heteroatoms. The monoisotopic (exact) mass is 450 g/mol. The summed E-state index contributed by atoms with van der Waals surface area (Å²) in [5, 5.41) is 21.6. The van der Waals surface area contributed by atoms with Crippen LogP contribution >= 0.6 is 35.0 Å². The van der Waals surface area contributed by atoms with Gasteiger partial charge in [0.1, 0.15) is 0 Å². The molecule has 29 heavy (non-hydrogen) atoms. The van der Waals surface area contributed by atoms with E-state index in [4.69, 9.17) is 28.3 Å². The molecule has 1 aromatic heterocycles. The molecule has 0 atom stereocenters. The van der Waals surface area contributed by atoms with E-state index in [1.807, 2.05) is 11.5 Å². The highest BCUT2D eigenvalue weighted by atomic mass is 35.5. The number of amides is 1. The number of nitrogens with zero attached hydrogens (tertiary/aromatic N) is 3. The van der Waals surface area contributed by atoms with Gasteiger partial charge in [0.15, 0.2) is 11.0 Å². The van der Waals surface area contributed by atoms with Gasteiger partial charge in [-0.05, 0) is 49.4 Å². The van der Waals surface area contributed by atoms with Crippen molar-refractivity contribution in [2.24, 2.45) is 0 Å². The Morgan fingerprint density at radius 1 is 1.14 bits per heavy atom. The summed E-state index contributed by atoms with van der Waals surface area (Å²) < 4.78 is 1.87. The molecular weight excluding hydrogens is 435 g/mol. The lowest BCUT2D eigenvalue weighted by Crippen LogP contribution is -2.14. The van der Waals surface area contributed by atoms with Crippen LogP contribution in [0, 0.1) is 0 Å². The third kappa shape index (κ3) is 5.09. The van der Waals surface area contributed by atoms with E-state index in [1.165, 1.54) is 23.9 Å². The van der Waals surface area contributed by atoms with E-state index in [-0.39, 0.29) is 17.2 Å². The first-order valence-electron chi connectivity index (χ1n) is 8.53. The predicted molar refractivity (Wildman–Crippen MR) is 114 cm³/mol. The molecule has 0 saturated carbocycles. The van der Waals surface area contributed by atoms with Crippen molar-refractivity contribution in [3.8, 4) is 11.4 Å². The number of carboxylic acids is 1. The molecule has 3 aromatic rings. The summed E-state index contributed by atoms with van der Waals surface area (Å²) in [7, 11) is 0. The second kappa shape index (κ2) is 9.30. The molecule has 7 nitrogen and oxygen atoms in total. The highest BCUT2D eigenvalue weighted by molar-refractivity contribution is 7.99. The van der Waals surface area contributed by atoms with E-state index in [9.17, 15) is 9.59 Å². The molecule has 0 aliphatic heterocycles. The zero-order valence-corrected chi connectivity index (χ0v) is 17.6. The van der Waals surface area contributed by atoms with Crippen molar-refractivity contribution < 1.29 is 14.7 Å². The number of thioether (sulfide) groups is 1. The van der Waals surface area contributed by atoms with Crippen molar-refractivity contribution in [2.45, 2.75) is 18.6 Å². The summed E-state index contributed by atoms with van der Waals surface area (Å²) >= 11 is 13.5. The summed E-state index contributed by atoms with van der Waals surface area (Å²) in [5.74, 6) is -0.544. The van der Waals surface area contributed by atoms with Crippen LogP contribution in [0.2, 0.25) is 10.0 Å². The normalized spacial score (nSPS) is 10.7. The van der Waals surface area contributed by atoms with Crippen LogP contribution in [-0.4, -0.2) is 37.5 Å². The maximum Gasteiger partial charge on any atom is 0.335 e. The lowest BCUT2D eigenvalue weighted by molar-refractivity contribution is -0.113. The van der Waals surface area contributed by atoms with Gasteiger partial charge in [0.2, 0.25) is 5.91 Å². The number of benzene rings is 2. The zero-order chi connectivity index (χ0) is 21.0. The second-order valence-corrected chi connectivity index (χ2v) is 7.68. The molecule has 0 fully saturated rings. The van der Waals surface area contributed by atoms with Crippen molar-refractivity contribution in [1.29, 1.82) is 0 Å². The van der Waals surface area contributed by atoms with Gasteiger partial charge >= 0.3 is 5.97 Å². The number of carbonyl (C=O) groups excluding carboxylic acids is 1. The molecule has 0 aliphatic carbocycles. The predicted octanol–water partition coefficient (Wildman–Crippen LogP) is 4.70. The van der Waals surface area contributed by atoms with Gasteiger partial charge in [-0.25, -0.2) is 4.79 Å². The number of nitrogens with one attached hydrogen (secondary N) is 1. The van der Waals surface area contributed by atoms with E-state index < -0.39 is 5.97 Å². The Labute approximate surface area is 181 Å². The van der Waals surface area contributed by atoms with Crippen molar-refractivity contribution >= 4 is 52.5 Å². The number of aromatic nitrogens is 3. The lowest BCUT2D eigenvalue weighted by Gasteiger charge is -2.09. The van der Waals surface area contributed by atoms with Gasteiger partial charge in [0.05, 0.1) is 16.3 Å². The average Bonchev–Trinajstić information content (AvgIpc) is 3.09. The number of hydrogen-bond donors (Lipinski definition) is 2. The summed E-state index contributed by atoms with van der Waals surface area (Å²) in [6.07, 6.45) is 0. The Hall–Kier alpha value is -2.55. The molecule has 0 spiro atoms. The largest absolute Gasteiger partial charge is 0.478 e. The molecule has 3 rings (SSSR count). The smallest absolute Gasteiger partial charge is 0.335 e. The molecule has 0 unspecified atom stereocenters. The van der Waals surface area contributed by atoms with Gasteiger partial charge < -0.3 is 15.0 Å². The minimum Gasteiger partial charge on any atom is -0.478 e. The minimum atomic E-state index is -1.02. The first-order valence-corrected chi connectivity index (χ1v) is 10.3. The zero-order valence-electron chi connectivity index (χ0n) is 15.2. The third-order valence-corrected chi connectivity index (χ3v) is 5.47. The van der Waals surface area contributed by atoms with Gasteiger partial charge in [0, 0.05) is 22.8 Å². The summed E-state index contributed by atoms with van der Waals surface area (Å²) in [5.41, 5.74) is 1.38. The topological polar surface area (TPSA) is 97.1 Å². The molecule has 2 aromatic carbocycles. The minimum absolute atomic E-state index is 0.118. The molecule has 1 amide bonds. The molecule has 2 N–H and O–H groups in total. The van der Waals surface area contributed by atoms with Crippen molar-refractivity contribution in [2.75, 3.05) is 11.1 Å². The van der Waals surface area contributed by atoms with Crippen molar-refractivity contribution in [3.63, 3.8) is 0 Å². The molecular formula is C19H16Cl2N4O3S. The van der Waals surface area contributed by atoms with Gasteiger partial charge in [-0.2, -0.15) is 0 Å². The number of hydrogen-bond acceptors (Lipinski definition) is 5. The van der Waals surface area contributed by atoms with Crippen LogP contribution in [0.15, 0.2) is 47.6 Å². The molecule has 0 bridgehead atoms. The highest BCUT2D eigenvalue weighted by Gasteiger charge is 2.17. The van der Waals surface area contributed by atoms with Gasteiger partial charge in [0.25, 0.3) is 0 Å². The van der Waals surface area contributed by atoms with Gasteiger partial charge in [-0.1, -0.05) is 35.0 Å². The van der Waals surface area contributed by atoms with Crippen LogP contribution in [0.5, 0.6) is 0 Å². The second-order valence-electron chi connectivity index (χ2n) is 5.89. The van der Waals surface area contributed by atoms with Gasteiger partial charge in [-0.3, -0.25) is 4.79 Å². The number of halogens is 2. The van der Waals surface area contributed by atoms with Crippen LogP contribution in [0.3, 0.4) is 0 Å². The van der Waals surface area contributed by atoms with Crippen molar-refractivity contribution in [3.05, 3.63) is 58.1 Å². The Kier molecular flexibility index (Phi) is 6.79. The third-order valence-electron chi connectivity index (χ3n) is 3.95. The Morgan fingerprint density at radius 2 is 1.86 bits per heavy atom. The van der Waals surface area contributed by atoms with Crippen LogP contribution in [0.1, 0.15) is 17.3 Å². The first kappa shape index (κ1) is 21.2. The van der Waals surface area contributed by atoms with Crippen LogP contribution in [0.25, 0.3) is 11.4 Å². The first-order chi connectivity index (χ1) is 13.9. The average molecular weight is 451 g/mol. The van der Waals surface area contributed by atoms with E-state index in [2.05, 4.69) is 15.5 Å². The van der Waals surface area contributed by atoms with Crippen LogP contribution in [0.4, 0.5) is 5.69 Å². The summed E-state index contributed by atoms with van der Waals surface area (Å²) in [6, 6.07) is 11.1. The fraction of sp³-hybridized carbons (Fsp3) is 0.158. The van der Waals surface area contributed by atoms with E-state index in [0.717, 1.165) is 0 Å². The summed E-state index contributed by atoms with van der Waals surface area (Å²) in [6.45, 7) is 2.55. The Balaban J connectivity index is 1.68. The van der Waals surface area contributed by atoms with Crippen LogP contribution in [-0.2, 0) is 11.3 Å². The lowest BCUT2D eigenvalue weighted by atomic mass is 10.2. The van der Waals surface area contributed by atoms with E-state index in [1.54, 1.807) is 30.3 Å². The van der Waals surface area contributed by atoms with Crippen LogP contribution < -0.4 is 5.32 Å². The Morgan fingerprint density at radius 3 is 2.48 bits per heavy atom. The number of carboxylic acid groups (broad SMARTS) is 1. The maximum atomic E-state index is 12.2. The maximum absolute atomic E-state index is 12.2. The summed E-state index contributed by atoms with van der Waals surface area (Å²) in [4.78, 5) is 23.1. The quantitative estimate of drug-likeness (QED) is 0.506. The number of carbonyl (C=O) groups is 2. The van der Waals surface area contributed by atoms with E-state index >= 15 is 0 Å². The van der Waals surface area contributed by atoms with Crippen molar-refractivity contribution in [1.82, 2.24) is 14.8 Å². The standard InChI is InChI=1S/C19H16Cl2N4O3S/c1-2-25-17(14-8-5-12(20)9-15(14)21)23-24-19(25)29-10-16(26)22-13-6-3-11(4-7-13)18(27)28/h3-9H,2,10H2,1H3,(H,22,26)(H,27,28). The molecule has 0 aliphatic rings. The van der Waals surface area contributed by atoms with Gasteiger partial charge in [-0.15, -0.1) is 10.2 Å². The molecule has 1 heterocycles. The molecule has 0 saturated heterocycles. The number of aromatic carboxylic acids is 1. The molecule has 0 radical (unpaired) electrons. The van der Waals surface area contributed by atoms with E-state index in [0.29, 0.717) is 38.8 Å². The SMILES string of the molecule is CCn1c(SCC(=O)Nc2ccc(C(=O)O)cc2)nnc1-c1ccc(Cl)cc1Cl.